The van der Waals surface area contributed by atoms with Crippen LogP contribution in [0.3, 0.4) is 0 Å². The Morgan fingerprint density at radius 2 is 1.96 bits per heavy atom. The molecule has 0 spiro atoms. The number of rotatable bonds is 4. The summed E-state index contributed by atoms with van der Waals surface area (Å²) in [7, 11) is 0. The van der Waals surface area contributed by atoms with Crippen LogP contribution in [0.5, 0.6) is 0 Å². The zero-order valence-electron chi connectivity index (χ0n) is 14.7. The molecule has 26 heavy (non-hydrogen) atoms. The highest BCUT2D eigenvalue weighted by atomic mass is 16.6. The van der Waals surface area contributed by atoms with Crippen LogP contribution in [0.1, 0.15) is 44.6 Å². The molecule has 0 saturated heterocycles. The number of ketones is 1. The van der Waals surface area contributed by atoms with E-state index in [2.05, 4.69) is 4.99 Å². The normalized spacial score (nSPS) is 22.5. The number of allylic oxidation sites excluding steroid dienone is 1. The number of carbonyl (C=O) groups is 2. The van der Waals surface area contributed by atoms with Crippen LogP contribution < -0.4 is 0 Å². The third-order valence-electron chi connectivity index (χ3n) is 4.87. The number of hydrogen-bond donors (Lipinski definition) is 0. The first-order valence-corrected chi connectivity index (χ1v) is 8.66. The van der Waals surface area contributed by atoms with Crippen molar-refractivity contribution in [3.63, 3.8) is 0 Å². The SMILES string of the molecule is CCOC(=O)C1=C(C)N=C2CCCC(=O)[C@@H]2[C@@H]1c1ccc([N+](=O)[O-])cc1. The number of non-ortho nitro benzene ring substituents is 1. The molecular formula is C19H20N2O5. The maximum atomic E-state index is 12.7. The van der Waals surface area contributed by atoms with Crippen LogP contribution in [0.2, 0.25) is 0 Å². The lowest BCUT2D eigenvalue weighted by Gasteiger charge is -2.35. The minimum atomic E-state index is -0.518. The van der Waals surface area contributed by atoms with Crippen LogP contribution in [0.15, 0.2) is 40.5 Å². The molecule has 0 radical (unpaired) electrons. The molecular weight excluding hydrogens is 336 g/mol. The number of nitrogens with zero attached hydrogens (tertiary/aromatic N) is 2. The number of carbonyl (C=O) groups excluding carboxylic acids is 2. The molecule has 1 aromatic rings. The van der Waals surface area contributed by atoms with Gasteiger partial charge >= 0.3 is 5.97 Å². The molecule has 2 atom stereocenters. The molecule has 0 amide bonds. The summed E-state index contributed by atoms with van der Waals surface area (Å²) >= 11 is 0. The molecule has 1 heterocycles. The van der Waals surface area contributed by atoms with Crippen molar-refractivity contribution >= 4 is 23.2 Å². The molecule has 7 nitrogen and oxygen atoms in total. The second-order valence-electron chi connectivity index (χ2n) is 6.45. The first-order chi connectivity index (χ1) is 12.4. The Labute approximate surface area is 150 Å². The monoisotopic (exact) mass is 356 g/mol. The van der Waals surface area contributed by atoms with Crippen molar-refractivity contribution in [1.82, 2.24) is 0 Å². The van der Waals surface area contributed by atoms with Gasteiger partial charge in [0.15, 0.2) is 0 Å². The average molecular weight is 356 g/mol. The number of nitro groups is 1. The zero-order valence-corrected chi connectivity index (χ0v) is 14.7. The van der Waals surface area contributed by atoms with Gasteiger partial charge in [-0.05, 0) is 32.3 Å². The molecule has 1 aliphatic heterocycles. The largest absolute Gasteiger partial charge is 0.463 e. The molecule has 1 fully saturated rings. The van der Waals surface area contributed by atoms with Gasteiger partial charge in [-0.25, -0.2) is 4.79 Å². The van der Waals surface area contributed by atoms with Gasteiger partial charge in [0.1, 0.15) is 5.78 Å². The standard InChI is InChI=1S/C19H20N2O5/c1-3-26-19(23)16-11(2)20-14-5-4-6-15(22)18(14)17(16)12-7-9-13(10-8-12)21(24)25/h7-10,17-18H,3-6H2,1-2H3/t17-,18-/m1/s1. The van der Waals surface area contributed by atoms with E-state index < -0.39 is 22.7 Å². The molecule has 0 bridgehead atoms. The summed E-state index contributed by atoms with van der Waals surface area (Å²) in [4.78, 5) is 40.2. The highest BCUT2D eigenvalue weighted by Crippen LogP contribution is 2.43. The second kappa shape index (κ2) is 7.19. The molecule has 1 saturated carbocycles. The number of esters is 1. The van der Waals surface area contributed by atoms with E-state index in [1.165, 1.54) is 12.1 Å². The number of Topliss-reactive ketones (excluding diaryl/α,β-unsaturated/α-hetero) is 1. The van der Waals surface area contributed by atoms with Crippen LogP contribution >= 0.6 is 0 Å². The van der Waals surface area contributed by atoms with Gasteiger partial charge in [0.2, 0.25) is 0 Å². The van der Waals surface area contributed by atoms with Gasteiger partial charge in [-0.2, -0.15) is 0 Å². The lowest BCUT2D eigenvalue weighted by Crippen LogP contribution is -2.39. The summed E-state index contributed by atoms with van der Waals surface area (Å²) in [5.74, 6) is -1.47. The van der Waals surface area contributed by atoms with Crippen LogP contribution in [0.4, 0.5) is 5.69 Å². The van der Waals surface area contributed by atoms with Gasteiger partial charge in [-0.3, -0.25) is 19.9 Å². The van der Waals surface area contributed by atoms with Crippen molar-refractivity contribution in [2.24, 2.45) is 10.9 Å². The zero-order chi connectivity index (χ0) is 18.8. The summed E-state index contributed by atoms with van der Waals surface area (Å²) in [6.07, 6.45) is 1.92. The van der Waals surface area contributed by atoms with Gasteiger partial charge < -0.3 is 4.74 Å². The molecule has 136 valence electrons. The summed E-state index contributed by atoms with van der Waals surface area (Å²) in [5, 5.41) is 10.9. The number of aliphatic imine (C=N–C) groups is 1. The van der Waals surface area contributed by atoms with Crippen LogP contribution in [0, 0.1) is 16.0 Å². The fraction of sp³-hybridized carbons (Fsp3) is 0.421. The summed E-state index contributed by atoms with van der Waals surface area (Å²) < 4.78 is 5.19. The fourth-order valence-corrected chi connectivity index (χ4v) is 3.76. The summed E-state index contributed by atoms with van der Waals surface area (Å²) in [5.41, 5.74) is 2.35. The van der Waals surface area contributed by atoms with E-state index in [4.69, 9.17) is 4.74 Å². The maximum absolute atomic E-state index is 12.7. The number of hydrogen-bond acceptors (Lipinski definition) is 6. The van der Waals surface area contributed by atoms with Gasteiger partial charge in [0, 0.05) is 35.9 Å². The van der Waals surface area contributed by atoms with E-state index >= 15 is 0 Å². The van der Waals surface area contributed by atoms with Crippen LogP contribution in [-0.4, -0.2) is 29.0 Å². The molecule has 3 rings (SSSR count). The third-order valence-corrected chi connectivity index (χ3v) is 4.87. The summed E-state index contributed by atoms with van der Waals surface area (Å²) in [6, 6.07) is 6.01. The number of fused-ring (bicyclic) bond motifs is 1. The topological polar surface area (TPSA) is 98.9 Å². The Bertz CT molecular complexity index is 823. The lowest BCUT2D eigenvalue weighted by atomic mass is 9.69. The van der Waals surface area contributed by atoms with Gasteiger partial charge in [0.05, 0.1) is 23.0 Å². The molecule has 1 aromatic carbocycles. The molecule has 0 N–H and O–H groups in total. The van der Waals surface area contributed by atoms with Gasteiger partial charge in [-0.1, -0.05) is 12.1 Å². The number of benzene rings is 1. The highest BCUT2D eigenvalue weighted by molar-refractivity contribution is 6.11. The van der Waals surface area contributed by atoms with Crippen molar-refractivity contribution < 1.29 is 19.2 Å². The Morgan fingerprint density at radius 3 is 2.58 bits per heavy atom. The molecule has 7 heteroatoms. The minimum Gasteiger partial charge on any atom is -0.463 e. The fourth-order valence-electron chi connectivity index (χ4n) is 3.76. The predicted molar refractivity (Wildman–Crippen MR) is 95.0 cm³/mol. The van der Waals surface area contributed by atoms with E-state index in [1.54, 1.807) is 26.0 Å². The van der Waals surface area contributed by atoms with E-state index in [0.29, 0.717) is 29.7 Å². The Hall–Kier alpha value is -2.83. The van der Waals surface area contributed by atoms with Crippen molar-refractivity contribution in [1.29, 1.82) is 0 Å². The van der Waals surface area contributed by atoms with Crippen LogP contribution in [0.25, 0.3) is 0 Å². The number of ether oxygens (including phenoxy) is 1. The van der Waals surface area contributed by atoms with E-state index in [0.717, 1.165) is 12.1 Å². The predicted octanol–water partition coefficient (Wildman–Crippen LogP) is 3.34. The molecule has 1 aliphatic carbocycles. The quantitative estimate of drug-likeness (QED) is 0.468. The molecule has 2 aliphatic rings. The van der Waals surface area contributed by atoms with Crippen molar-refractivity contribution in [3.05, 3.63) is 51.2 Å². The second-order valence-corrected chi connectivity index (χ2v) is 6.45. The Morgan fingerprint density at radius 1 is 1.27 bits per heavy atom. The van der Waals surface area contributed by atoms with Crippen LogP contribution in [-0.2, 0) is 14.3 Å². The van der Waals surface area contributed by atoms with E-state index in [9.17, 15) is 19.7 Å². The molecule has 0 aromatic heterocycles. The third kappa shape index (κ3) is 3.16. The average Bonchev–Trinajstić information content (AvgIpc) is 2.61. The maximum Gasteiger partial charge on any atom is 0.336 e. The number of nitro benzene ring substituents is 1. The first kappa shape index (κ1) is 18.0. The smallest absolute Gasteiger partial charge is 0.336 e. The Balaban J connectivity index is 2.12. The van der Waals surface area contributed by atoms with E-state index in [-0.39, 0.29) is 18.1 Å². The minimum absolute atomic E-state index is 0.0354. The van der Waals surface area contributed by atoms with Crippen molar-refractivity contribution in [2.75, 3.05) is 6.61 Å². The first-order valence-electron chi connectivity index (χ1n) is 8.66. The van der Waals surface area contributed by atoms with Crippen molar-refractivity contribution in [3.8, 4) is 0 Å². The summed E-state index contributed by atoms with van der Waals surface area (Å²) in [6.45, 7) is 3.68. The van der Waals surface area contributed by atoms with Gasteiger partial charge in [-0.15, -0.1) is 0 Å². The lowest BCUT2D eigenvalue weighted by molar-refractivity contribution is -0.384. The van der Waals surface area contributed by atoms with E-state index in [1.807, 2.05) is 0 Å². The van der Waals surface area contributed by atoms with Crippen molar-refractivity contribution in [2.45, 2.75) is 39.0 Å². The van der Waals surface area contributed by atoms with Gasteiger partial charge in [0.25, 0.3) is 5.69 Å². The Kier molecular flexibility index (Phi) is 4.97. The molecule has 0 unspecified atom stereocenters. The highest BCUT2D eigenvalue weighted by Gasteiger charge is 2.43.